The number of piperidine rings is 1. The van der Waals surface area contributed by atoms with Gasteiger partial charge in [-0.3, -0.25) is 4.90 Å². The number of hydrogen-bond donors (Lipinski definition) is 0. The van der Waals surface area contributed by atoms with Crippen LogP contribution in [0.25, 0.3) is 0 Å². The topological polar surface area (TPSA) is 36.3 Å². The molecule has 74 valence electrons. The lowest BCUT2D eigenvalue weighted by Gasteiger charge is -2.33. The second kappa shape index (κ2) is 5.21. The molecule has 0 radical (unpaired) electrons. The largest absolute Gasteiger partial charge is 0.381 e. The van der Waals surface area contributed by atoms with E-state index in [0.29, 0.717) is 6.10 Å². The first-order valence-electron chi connectivity index (χ1n) is 4.98. The van der Waals surface area contributed by atoms with Crippen LogP contribution in [0.4, 0.5) is 0 Å². The van der Waals surface area contributed by atoms with Gasteiger partial charge < -0.3 is 4.74 Å². The van der Waals surface area contributed by atoms with E-state index in [0.717, 1.165) is 32.4 Å². The minimum absolute atomic E-state index is 0.109. The van der Waals surface area contributed by atoms with Crippen LogP contribution in [0.5, 0.6) is 0 Å². The van der Waals surface area contributed by atoms with E-state index in [1.807, 2.05) is 0 Å². The Bertz CT molecular complexity index is 180. The third-order valence-corrected chi connectivity index (χ3v) is 2.79. The molecule has 0 aromatic carbocycles. The van der Waals surface area contributed by atoms with Gasteiger partial charge in [0.25, 0.3) is 0 Å². The van der Waals surface area contributed by atoms with Crippen molar-refractivity contribution < 1.29 is 4.74 Å². The summed E-state index contributed by atoms with van der Waals surface area (Å²) in [5.74, 6) is 0. The van der Waals surface area contributed by atoms with E-state index in [9.17, 15) is 0 Å². The van der Waals surface area contributed by atoms with Crippen molar-refractivity contribution in [1.82, 2.24) is 4.90 Å². The fourth-order valence-electron chi connectivity index (χ4n) is 1.85. The van der Waals surface area contributed by atoms with Gasteiger partial charge in [0.1, 0.15) is 0 Å². The minimum atomic E-state index is 0.109. The Hall–Kier alpha value is -0.590. The van der Waals surface area contributed by atoms with Crippen LogP contribution in [0.1, 0.15) is 26.2 Å². The molecule has 0 spiro atoms. The Morgan fingerprint density at radius 3 is 2.54 bits per heavy atom. The lowest BCUT2D eigenvalue weighted by Crippen LogP contribution is -2.42. The number of nitriles is 1. The first kappa shape index (κ1) is 10.5. The monoisotopic (exact) mass is 182 g/mol. The molecule has 1 fully saturated rings. The molecule has 0 amide bonds. The normalized spacial score (nSPS) is 22.5. The quantitative estimate of drug-likeness (QED) is 0.662. The van der Waals surface area contributed by atoms with E-state index < -0.39 is 0 Å². The van der Waals surface area contributed by atoms with Crippen molar-refractivity contribution in [3.63, 3.8) is 0 Å². The molecule has 0 saturated carbocycles. The lowest BCUT2D eigenvalue weighted by molar-refractivity contribution is 0.0338. The van der Waals surface area contributed by atoms with Crippen molar-refractivity contribution in [3.8, 4) is 6.07 Å². The molecule has 1 aliphatic heterocycles. The predicted molar refractivity (Wildman–Crippen MR) is 51.3 cm³/mol. The SMILES string of the molecule is CCC(C#N)N1CCC(OC)CC1. The summed E-state index contributed by atoms with van der Waals surface area (Å²) < 4.78 is 5.28. The summed E-state index contributed by atoms with van der Waals surface area (Å²) in [6, 6.07) is 2.45. The average molecular weight is 182 g/mol. The van der Waals surface area contributed by atoms with Crippen LogP contribution in [-0.4, -0.2) is 37.2 Å². The molecule has 3 nitrogen and oxygen atoms in total. The molecule has 1 saturated heterocycles. The highest BCUT2D eigenvalue weighted by Gasteiger charge is 2.23. The summed E-state index contributed by atoms with van der Waals surface area (Å²) in [6.07, 6.45) is 3.46. The van der Waals surface area contributed by atoms with Gasteiger partial charge >= 0.3 is 0 Å². The van der Waals surface area contributed by atoms with E-state index in [1.54, 1.807) is 7.11 Å². The van der Waals surface area contributed by atoms with Crippen LogP contribution < -0.4 is 0 Å². The Labute approximate surface area is 80.3 Å². The number of nitrogens with zero attached hydrogens (tertiary/aromatic N) is 2. The summed E-state index contributed by atoms with van der Waals surface area (Å²) in [7, 11) is 1.77. The molecule has 1 unspecified atom stereocenters. The van der Waals surface area contributed by atoms with Crippen molar-refractivity contribution in [1.29, 1.82) is 5.26 Å². The van der Waals surface area contributed by atoms with Crippen LogP contribution in [0.2, 0.25) is 0 Å². The van der Waals surface area contributed by atoms with Gasteiger partial charge in [0.2, 0.25) is 0 Å². The number of hydrogen-bond acceptors (Lipinski definition) is 3. The zero-order valence-electron chi connectivity index (χ0n) is 8.49. The van der Waals surface area contributed by atoms with Crippen LogP contribution in [0, 0.1) is 11.3 Å². The average Bonchev–Trinajstić information content (AvgIpc) is 2.21. The fraction of sp³-hybridized carbons (Fsp3) is 0.900. The Morgan fingerprint density at radius 2 is 2.15 bits per heavy atom. The van der Waals surface area contributed by atoms with E-state index in [1.165, 1.54) is 0 Å². The molecule has 0 aromatic heterocycles. The van der Waals surface area contributed by atoms with Crippen LogP contribution in [-0.2, 0) is 4.74 Å². The lowest BCUT2D eigenvalue weighted by atomic mass is 10.1. The standard InChI is InChI=1S/C10H18N2O/c1-3-9(8-11)12-6-4-10(13-2)5-7-12/h9-10H,3-7H2,1-2H3. The van der Waals surface area contributed by atoms with Gasteiger partial charge in [0.05, 0.1) is 18.2 Å². The molecule has 0 aromatic rings. The highest BCUT2D eigenvalue weighted by atomic mass is 16.5. The molecule has 0 aliphatic carbocycles. The highest BCUT2D eigenvalue weighted by Crippen LogP contribution is 2.16. The highest BCUT2D eigenvalue weighted by molar-refractivity contribution is 4.92. The molecule has 1 aliphatic rings. The number of methoxy groups -OCH3 is 1. The van der Waals surface area contributed by atoms with Crippen molar-refractivity contribution in [2.75, 3.05) is 20.2 Å². The molecule has 1 rings (SSSR count). The Morgan fingerprint density at radius 1 is 1.54 bits per heavy atom. The van der Waals surface area contributed by atoms with Gasteiger partial charge in [-0.1, -0.05) is 6.92 Å². The summed E-state index contributed by atoms with van der Waals surface area (Å²) >= 11 is 0. The first-order chi connectivity index (χ1) is 6.31. The van der Waals surface area contributed by atoms with E-state index in [-0.39, 0.29) is 6.04 Å². The zero-order chi connectivity index (χ0) is 9.68. The third kappa shape index (κ3) is 2.68. The second-order valence-corrected chi connectivity index (χ2v) is 3.52. The molecule has 3 heteroatoms. The van der Waals surface area contributed by atoms with Gasteiger partial charge in [-0.15, -0.1) is 0 Å². The minimum Gasteiger partial charge on any atom is -0.381 e. The molecule has 13 heavy (non-hydrogen) atoms. The second-order valence-electron chi connectivity index (χ2n) is 3.52. The van der Waals surface area contributed by atoms with Crippen molar-refractivity contribution >= 4 is 0 Å². The van der Waals surface area contributed by atoms with Gasteiger partial charge in [0, 0.05) is 20.2 Å². The summed E-state index contributed by atoms with van der Waals surface area (Å²) in [6.45, 7) is 4.07. The van der Waals surface area contributed by atoms with E-state index >= 15 is 0 Å². The molecular weight excluding hydrogens is 164 g/mol. The molecular formula is C10H18N2O. The number of ether oxygens (including phenoxy) is 1. The van der Waals surface area contributed by atoms with Gasteiger partial charge in [-0.05, 0) is 19.3 Å². The summed E-state index contributed by atoms with van der Waals surface area (Å²) in [5.41, 5.74) is 0. The van der Waals surface area contributed by atoms with Crippen molar-refractivity contribution in [3.05, 3.63) is 0 Å². The molecule has 0 N–H and O–H groups in total. The van der Waals surface area contributed by atoms with E-state index in [2.05, 4.69) is 17.9 Å². The van der Waals surface area contributed by atoms with Gasteiger partial charge in [-0.25, -0.2) is 0 Å². The predicted octanol–water partition coefficient (Wildman–Crippen LogP) is 1.40. The van der Waals surface area contributed by atoms with Gasteiger partial charge in [-0.2, -0.15) is 5.26 Å². The van der Waals surface area contributed by atoms with E-state index in [4.69, 9.17) is 10.00 Å². The van der Waals surface area contributed by atoms with Crippen molar-refractivity contribution in [2.24, 2.45) is 0 Å². The number of likely N-dealkylation sites (tertiary alicyclic amines) is 1. The summed E-state index contributed by atoms with van der Waals surface area (Å²) in [4.78, 5) is 2.26. The molecule has 0 bridgehead atoms. The molecule has 1 heterocycles. The Balaban J connectivity index is 2.36. The maximum atomic E-state index is 8.88. The van der Waals surface area contributed by atoms with Gasteiger partial charge in [0.15, 0.2) is 0 Å². The first-order valence-corrected chi connectivity index (χ1v) is 4.98. The molecule has 1 atom stereocenters. The maximum absolute atomic E-state index is 8.88. The fourth-order valence-corrected chi connectivity index (χ4v) is 1.85. The maximum Gasteiger partial charge on any atom is 0.0975 e. The smallest absolute Gasteiger partial charge is 0.0975 e. The van der Waals surface area contributed by atoms with Crippen LogP contribution >= 0.6 is 0 Å². The third-order valence-electron chi connectivity index (χ3n) is 2.79. The van der Waals surface area contributed by atoms with Crippen LogP contribution in [0.15, 0.2) is 0 Å². The van der Waals surface area contributed by atoms with Crippen LogP contribution in [0.3, 0.4) is 0 Å². The Kier molecular flexibility index (Phi) is 4.20. The summed E-state index contributed by atoms with van der Waals surface area (Å²) in [5, 5.41) is 8.88. The number of rotatable bonds is 3. The van der Waals surface area contributed by atoms with Crippen molar-refractivity contribution in [2.45, 2.75) is 38.3 Å². The zero-order valence-corrected chi connectivity index (χ0v) is 8.49.